The maximum absolute atomic E-state index is 11.5. The summed E-state index contributed by atoms with van der Waals surface area (Å²) in [5.74, 6) is -0.0317. The smallest absolute Gasteiger partial charge is 0.251 e. The van der Waals surface area contributed by atoms with Crippen LogP contribution in [0.4, 0.5) is 5.69 Å². The van der Waals surface area contributed by atoms with Crippen LogP contribution in [0.3, 0.4) is 0 Å². The van der Waals surface area contributed by atoms with Gasteiger partial charge in [-0.2, -0.15) is 0 Å². The van der Waals surface area contributed by atoms with Gasteiger partial charge in [-0.15, -0.1) is 0 Å². The van der Waals surface area contributed by atoms with Crippen LogP contribution in [0.25, 0.3) is 0 Å². The number of nitrogens with one attached hydrogen (secondary N) is 2. The number of hydrogen-bond acceptors (Lipinski definition) is 3. The third-order valence-corrected chi connectivity index (χ3v) is 4.57. The first-order chi connectivity index (χ1) is 9.76. The first kappa shape index (κ1) is 13.4. The molecule has 0 radical (unpaired) electrons. The highest BCUT2D eigenvalue weighted by molar-refractivity contribution is 5.94. The normalized spacial score (nSPS) is 26.1. The molecule has 2 unspecified atom stereocenters. The summed E-state index contributed by atoms with van der Waals surface area (Å²) in [6.45, 7) is 2.51. The van der Waals surface area contributed by atoms with E-state index in [1.54, 1.807) is 7.05 Å². The summed E-state index contributed by atoms with van der Waals surface area (Å²) >= 11 is 0. The van der Waals surface area contributed by atoms with Crippen molar-refractivity contribution in [2.45, 2.75) is 37.8 Å². The van der Waals surface area contributed by atoms with E-state index >= 15 is 0 Å². The molecule has 4 heteroatoms. The summed E-state index contributed by atoms with van der Waals surface area (Å²) in [5, 5.41) is 6.26. The molecule has 1 aromatic rings. The van der Waals surface area contributed by atoms with Gasteiger partial charge in [0.15, 0.2) is 0 Å². The van der Waals surface area contributed by atoms with Crippen LogP contribution >= 0.6 is 0 Å². The minimum absolute atomic E-state index is 0.0317. The zero-order valence-corrected chi connectivity index (χ0v) is 12.1. The Hall–Kier alpha value is -1.55. The second-order valence-corrected chi connectivity index (χ2v) is 5.85. The molecular weight excluding hydrogens is 250 g/mol. The van der Waals surface area contributed by atoms with E-state index in [1.165, 1.54) is 38.8 Å². The number of nitrogens with zero attached hydrogens (tertiary/aromatic N) is 1. The molecule has 4 nitrogen and oxygen atoms in total. The lowest BCUT2D eigenvalue weighted by Gasteiger charge is -2.35. The average Bonchev–Trinajstić information content (AvgIpc) is 2.95. The maximum Gasteiger partial charge on any atom is 0.251 e. The van der Waals surface area contributed by atoms with Crippen molar-refractivity contribution < 1.29 is 4.79 Å². The SMILES string of the molecule is CNC(=O)c1ccc(NC2CCN3CCCC3C2)cc1. The summed E-state index contributed by atoms with van der Waals surface area (Å²) in [6, 6.07) is 9.13. The molecule has 2 N–H and O–H groups in total. The Labute approximate surface area is 120 Å². The van der Waals surface area contributed by atoms with Crippen molar-refractivity contribution in [1.82, 2.24) is 10.2 Å². The van der Waals surface area contributed by atoms with E-state index < -0.39 is 0 Å². The van der Waals surface area contributed by atoms with Crippen molar-refractivity contribution in [3.8, 4) is 0 Å². The summed E-state index contributed by atoms with van der Waals surface area (Å²) < 4.78 is 0. The monoisotopic (exact) mass is 273 g/mol. The van der Waals surface area contributed by atoms with Crippen molar-refractivity contribution >= 4 is 11.6 Å². The molecule has 2 fully saturated rings. The second-order valence-electron chi connectivity index (χ2n) is 5.85. The highest BCUT2D eigenvalue weighted by Gasteiger charge is 2.31. The average molecular weight is 273 g/mol. The number of carbonyl (C=O) groups is 1. The van der Waals surface area contributed by atoms with E-state index in [0.29, 0.717) is 11.6 Å². The van der Waals surface area contributed by atoms with Gasteiger partial charge in [-0.1, -0.05) is 0 Å². The molecular formula is C16H23N3O. The van der Waals surface area contributed by atoms with Crippen molar-refractivity contribution in [3.63, 3.8) is 0 Å². The fourth-order valence-corrected chi connectivity index (χ4v) is 3.45. The van der Waals surface area contributed by atoms with Gasteiger partial charge in [0.1, 0.15) is 0 Å². The number of fused-ring (bicyclic) bond motifs is 1. The molecule has 0 aromatic heterocycles. The van der Waals surface area contributed by atoms with Gasteiger partial charge < -0.3 is 15.5 Å². The lowest BCUT2D eigenvalue weighted by molar-refractivity contribution is 0.0963. The first-order valence-corrected chi connectivity index (χ1v) is 7.59. The molecule has 0 spiro atoms. The molecule has 20 heavy (non-hydrogen) atoms. The van der Waals surface area contributed by atoms with Crippen molar-refractivity contribution in [2.75, 3.05) is 25.5 Å². The van der Waals surface area contributed by atoms with E-state index in [2.05, 4.69) is 15.5 Å². The largest absolute Gasteiger partial charge is 0.382 e. The molecule has 2 heterocycles. The van der Waals surface area contributed by atoms with Crippen LogP contribution in [0.1, 0.15) is 36.0 Å². The molecule has 2 aliphatic heterocycles. The molecule has 1 amide bonds. The number of amides is 1. The molecule has 108 valence electrons. The summed E-state index contributed by atoms with van der Waals surface area (Å²) in [7, 11) is 1.66. The second kappa shape index (κ2) is 5.83. The van der Waals surface area contributed by atoms with Gasteiger partial charge in [0.05, 0.1) is 0 Å². The number of piperidine rings is 1. The molecule has 2 aliphatic rings. The zero-order chi connectivity index (χ0) is 13.9. The Morgan fingerprint density at radius 1 is 1.20 bits per heavy atom. The Bertz CT molecular complexity index is 471. The number of anilines is 1. The van der Waals surface area contributed by atoms with Crippen molar-refractivity contribution in [2.24, 2.45) is 0 Å². The zero-order valence-electron chi connectivity index (χ0n) is 12.1. The number of hydrogen-bond donors (Lipinski definition) is 2. The van der Waals surface area contributed by atoms with E-state index in [4.69, 9.17) is 0 Å². The molecule has 0 aliphatic carbocycles. The predicted molar refractivity (Wildman–Crippen MR) is 81.1 cm³/mol. The third-order valence-electron chi connectivity index (χ3n) is 4.57. The van der Waals surface area contributed by atoms with Gasteiger partial charge in [-0.3, -0.25) is 4.79 Å². The van der Waals surface area contributed by atoms with Crippen molar-refractivity contribution in [3.05, 3.63) is 29.8 Å². The topological polar surface area (TPSA) is 44.4 Å². The third kappa shape index (κ3) is 2.80. The van der Waals surface area contributed by atoms with Crippen LogP contribution in [0.15, 0.2) is 24.3 Å². The van der Waals surface area contributed by atoms with Gasteiger partial charge >= 0.3 is 0 Å². The van der Waals surface area contributed by atoms with Crippen LogP contribution in [-0.4, -0.2) is 43.0 Å². The molecule has 2 saturated heterocycles. The highest BCUT2D eigenvalue weighted by Crippen LogP contribution is 2.28. The maximum atomic E-state index is 11.5. The Kier molecular flexibility index (Phi) is 3.92. The molecule has 0 saturated carbocycles. The van der Waals surface area contributed by atoms with Gasteiger partial charge in [0.25, 0.3) is 5.91 Å². The Balaban J connectivity index is 1.59. The van der Waals surface area contributed by atoms with E-state index in [1.807, 2.05) is 24.3 Å². The summed E-state index contributed by atoms with van der Waals surface area (Å²) in [4.78, 5) is 14.1. The summed E-state index contributed by atoms with van der Waals surface area (Å²) in [6.07, 6.45) is 5.18. The summed E-state index contributed by atoms with van der Waals surface area (Å²) in [5.41, 5.74) is 1.83. The fraction of sp³-hybridized carbons (Fsp3) is 0.562. The van der Waals surface area contributed by atoms with Crippen LogP contribution in [0, 0.1) is 0 Å². The van der Waals surface area contributed by atoms with Crippen LogP contribution in [-0.2, 0) is 0 Å². The molecule has 2 atom stereocenters. The quantitative estimate of drug-likeness (QED) is 0.886. The van der Waals surface area contributed by atoms with Gasteiger partial charge in [0, 0.05) is 36.9 Å². The van der Waals surface area contributed by atoms with Crippen LogP contribution in [0.2, 0.25) is 0 Å². The lowest BCUT2D eigenvalue weighted by Crippen LogP contribution is -2.42. The Morgan fingerprint density at radius 2 is 2.00 bits per heavy atom. The van der Waals surface area contributed by atoms with Gasteiger partial charge in [-0.25, -0.2) is 0 Å². The number of rotatable bonds is 3. The van der Waals surface area contributed by atoms with Gasteiger partial charge in [-0.05, 0) is 56.5 Å². The number of benzene rings is 1. The fourth-order valence-electron chi connectivity index (χ4n) is 3.45. The van der Waals surface area contributed by atoms with E-state index in [9.17, 15) is 4.79 Å². The standard InChI is InChI=1S/C16H23N3O/c1-17-16(20)12-4-6-13(7-5-12)18-14-8-10-19-9-2-3-15(19)11-14/h4-7,14-15,18H,2-3,8-11H2,1H3,(H,17,20). The van der Waals surface area contributed by atoms with Crippen molar-refractivity contribution in [1.29, 1.82) is 0 Å². The minimum Gasteiger partial charge on any atom is -0.382 e. The van der Waals surface area contributed by atoms with E-state index in [0.717, 1.165) is 11.7 Å². The minimum atomic E-state index is -0.0317. The van der Waals surface area contributed by atoms with E-state index in [-0.39, 0.29) is 5.91 Å². The van der Waals surface area contributed by atoms with Gasteiger partial charge in [0.2, 0.25) is 0 Å². The first-order valence-electron chi connectivity index (χ1n) is 7.59. The van der Waals surface area contributed by atoms with Crippen LogP contribution in [0.5, 0.6) is 0 Å². The lowest BCUT2D eigenvalue weighted by atomic mass is 9.97. The predicted octanol–water partition coefficient (Wildman–Crippen LogP) is 2.08. The molecule has 0 bridgehead atoms. The highest BCUT2D eigenvalue weighted by atomic mass is 16.1. The number of carbonyl (C=O) groups excluding carboxylic acids is 1. The van der Waals surface area contributed by atoms with Crippen LogP contribution < -0.4 is 10.6 Å². The molecule has 3 rings (SSSR count). The Morgan fingerprint density at radius 3 is 2.75 bits per heavy atom. The molecule has 1 aromatic carbocycles.